The van der Waals surface area contributed by atoms with E-state index in [1.165, 1.54) is 12.1 Å². The number of nitrogens with one attached hydrogen (secondary N) is 1. The molecule has 0 bridgehead atoms. The Morgan fingerprint density at radius 1 is 1.20 bits per heavy atom. The van der Waals surface area contributed by atoms with E-state index in [9.17, 15) is 4.39 Å². The summed E-state index contributed by atoms with van der Waals surface area (Å²) in [6.07, 6.45) is 0. The smallest absolute Gasteiger partial charge is 0.186 e. The highest BCUT2D eigenvalue weighted by Crippen LogP contribution is 2.32. The molecular formula is C14H16FN5. The number of aromatic amines is 1. The second-order valence-electron chi connectivity index (χ2n) is 5.82. The molecule has 3 rings (SSSR count). The molecule has 5 nitrogen and oxygen atoms in total. The zero-order chi connectivity index (χ0) is 14.5. The first kappa shape index (κ1) is 12.7. The van der Waals surface area contributed by atoms with Crippen molar-refractivity contribution in [3.05, 3.63) is 35.8 Å². The van der Waals surface area contributed by atoms with Crippen LogP contribution in [-0.4, -0.2) is 20.0 Å². The summed E-state index contributed by atoms with van der Waals surface area (Å²) in [4.78, 5) is 0. The van der Waals surface area contributed by atoms with Gasteiger partial charge in [-0.3, -0.25) is 5.10 Å². The summed E-state index contributed by atoms with van der Waals surface area (Å²) in [5.74, 6) is 0.216. The first-order chi connectivity index (χ1) is 9.38. The summed E-state index contributed by atoms with van der Waals surface area (Å²) < 4.78 is 14.7. The van der Waals surface area contributed by atoms with Gasteiger partial charge in [0.2, 0.25) is 0 Å². The summed E-state index contributed by atoms with van der Waals surface area (Å²) in [7, 11) is 0. The summed E-state index contributed by atoms with van der Waals surface area (Å²) in [6.45, 7) is 6.20. The number of nitrogen functional groups attached to an aromatic ring is 1. The number of halogens is 1. The normalized spacial score (nSPS) is 12.2. The highest BCUT2D eigenvalue weighted by atomic mass is 19.1. The molecular weight excluding hydrogens is 257 g/mol. The van der Waals surface area contributed by atoms with Crippen molar-refractivity contribution in [2.45, 2.75) is 26.2 Å². The maximum Gasteiger partial charge on any atom is 0.186 e. The minimum atomic E-state index is -0.283. The molecule has 0 amide bonds. The molecule has 0 spiro atoms. The van der Waals surface area contributed by atoms with E-state index in [-0.39, 0.29) is 11.2 Å². The van der Waals surface area contributed by atoms with Gasteiger partial charge >= 0.3 is 0 Å². The van der Waals surface area contributed by atoms with E-state index in [1.807, 2.05) is 0 Å². The van der Waals surface area contributed by atoms with Gasteiger partial charge in [-0.15, -0.1) is 0 Å². The Morgan fingerprint density at radius 2 is 1.85 bits per heavy atom. The molecule has 0 aliphatic heterocycles. The van der Waals surface area contributed by atoms with E-state index >= 15 is 0 Å². The summed E-state index contributed by atoms with van der Waals surface area (Å²) in [5.41, 5.74) is 8.06. The molecule has 0 atom stereocenters. The lowest BCUT2D eigenvalue weighted by Crippen LogP contribution is -2.13. The Balaban J connectivity index is 2.29. The average molecular weight is 273 g/mol. The number of hydrogen-bond acceptors (Lipinski definition) is 3. The molecule has 0 unspecified atom stereocenters. The summed E-state index contributed by atoms with van der Waals surface area (Å²) >= 11 is 0. The number of benzene rings is 1. The van der Waals surface area contributed by atoms with Gasteiger partial charge in [-0.05, 0) is 24.3 Å². The second kappa shape index (κ2) is 4.06. The topological polar surface area (TPSA) is 72.5 Å². The fraction of sp³-hybridized carbons (Fsp3) is 0.286. The lowest BCUT2D eigenvalue weighted by atomic mass is 9.91. The van der Waals surface area contributed by atoms with Crippen LogP contribution in [0.5, 0.6) is 0 Å². The third-order valence-electron chi connectivity index (χ3n) is 3.19. The predicted octanol–water partition coefficient (Wildman–Crippen LogP) is 2.77. The predicted molar refractivity (Wildman–Crippen MR) is 76.3 cm³/mol. The maximum absolute atomic E-state index is 13.0. The zero-order valence-electron chi connectivity index (χ0n) is 11.6. The number of H-pyrrole nitrogens is 1. The van der Waals surface area contributed by atoms with Crippen molar-refractivity contribution in [2.75, 3.05) is 5.73 Å². The molecule has 3 aromatic rings. The van der Waals surface area contributed by atoms with Crippen LogP contribution in [0.25, 0.3) is 16.7 Å². The Kier molecular flexibility index (Phi) is 2.57. The van der Waals surface area contributed by atoms with Crippen LogP contribution in [-0.2, 0) is 5.41 Å². The number of fused-ring (bicyclic) bond motifs is 1. The monoisotopic (exact) mass is 273 g/mol. The number of rotatable bonds is 1. The molecule has 1 aromatic carbocycles. The molecule has 3 N–H and O–H groups in total. The SMILES string of the molecule is CC(C)(C)c1nn(-c2ccc(F)cc2)c2n[nH]c(N)c12. The summed E-state index contributed by atoms with van der Waals surface area (Å²) in [6, 6.07) is 6.13. The Bertz CT molecular complexity index is 761. The largest absolute Gasteiger partial charge is 0.383 e. The molecule has 0 radical (unpaired) electrons. The highest BCUT2D eigenvalue weighted by molar-refractivity contribution is 5.90. The van der Waals surface area contributed by atoms with Gasteiger partial charge in [0.1, 0.15) is 11.6 Å². The van der Waals surface area contributed by atoms with Crippen LogP contribution in [0, 0.1) is 5.82 Å². The van der Waals surface area contributed by atoms with Crippen molar-refractivity contribution in [3.8, 4) is 5.69 Å². The van der Waals surface area contributed by atoms with Crippen LogP contribution >= 0.6 is 0 Å². The van der Waals surface area contributed by atoms with Crippen LogP contribution < -0.4 is 5.73 Å². The molecule has 2 heterocycles. The van der Waals surface area contributed by atoms with E-state index in [1.54, 1.807) is 16.8 Å². The third kappa shape index (κ3) is 1.84. The van der Waals surface area contributed by atoms with Gasteiger partial charge in [-0.2, -0.15) is 10.2 Å². The molecule has 0 saturated carbocycles. The molecule has 104 valence electrons. The molecule has 0 saturated heterocycles. The number of hydrogen-bond donors (Lipinski definition) is 2. The van der Waals surface area contributed by atoms with E-state index in [4.69, 9.17) is 5.73 Å². The lowest BCUT2D eigenvalue weighted by Gasteiger charge is -2.15. The average Bonchev–Trinajstić information content (AvgIpc) is 2.91. The van der Waals surface area contributed by atoms with Gasteiger partial charge in [-0.25, -0.2) is 9.07 Å². The van der Waals surface area contributed by atoms with E-state index in [2.05, 4.69) is 36.1 Å². The number of nitrogens with zero attached hydrogens (tertiary/aromatic N) is 3. The van der Waals surface area contributed by atoms with Crippen molar-refractivity contribution >= 4 is 16.9 Å². The van der Waals surface area contributed by atoms with Crippen LogP contribution in [0.2, 0.25) is 0 Å². The fourth-order valence-corrected chi connectivity index (χ4v) is 2.22. The molecule has 20 heavy (non-hydrogen) atoms. The van der Waals surface area contributed by atoms with Gasteiger partial charge in [0, 0.05) is 5.41 Å². The van der Waals surface area contributed by atoms with Crippen molar-refractivity contribution in [3.63, 3.8) is 0 Å². The minimum Gasteiger partial charge on any atom is -0.383 e. The van der Waals surface area contributed by atoms with Crippen molar-refractivity contribution in [1.29, 1.82) is 0 Å². The van der Waals surface area contributed by atoms with Crippen LogP contribution in [0.1, 0.15) is 26.5 Å². The summed E-state index contributed by atoms with van der Waals surface area (Å²) in [5, 5.41) is 12.4. The van der Waals surface area contributed by atoms with Gasteiger partial charge in [0.05, 0.1) is 16.8 Å². The van der Waals surface area contributed by atoms with Crippen molar-refractivity contribution < 1.29 is 4.39 Å². The number of anilines is 1. The van der Waals surface area contributed by atoms with E-state index in [0.717, 1.165) is 16.8 Å². The second-order valence-corrected chi connectivity index (χ2v) is 5.82. The zero-order valence-corrected chi connectivity index (χ0v) is 11.6. The molecule has 0 aliphatic rings. The Hall–Kier alpha value is -2.37. The molecule has 2 aromatic heterocycles. The van der Waals surface area contributed by atoms with E-state index < -0.39 is 0 Å². The van der Waals surface area contributed by atoms with E-state index in [0.29, 0.717) is 11.5 Å². The van der Waals surface area contributed by atoms with Crippen LogP contribution in [0.15, 0.2) is 24.3 Å². The standard InChI is InChI=1S/C14H16FN5/c1-14(2,3)11-10-12(16)17-18-13(10)20(19-11)9-6-4-8(15)5-7-9/h4-7H,1-3H3,(H3,16,17,18). The Labute approximate surface area is 115 Å². The molecule has 0 fully saturated rings. The fourth-order valence-electron chi connectivity index (χ4n) is 2.22. The highest BCUT2D eigenvalue weighted by Gasteiger charge is 2.26. The van der Waals surface area contributed by atoms with Gasteiger partial charge in [0.25, 0.3) is 0 Å². The Morgan fingerprint density at radius 3 is 2.45 bits per heavy atom. The number of aromatic nitrogens is 4. The molecule has 0 aliphatic carbocycles. The van der Waals surface area contributed by atoms with Gasteiger partial charge in [0.15, 0.2) is 5.65 Å². The first-order valence-electron chi connectivity index (χ1n) is 6.37. The lowest BCUT2D eigenvalue weighted by molar-refractivity contribution is 0.564. The quantitative estimate of drug-likeness (QED) is 0.716. The first-order valence-corrected chi connectivity index (χ1v) is 6.37. The molecule has 6 heteroatoms. The number of nitrogens with two attached hydrogens (primary N) is 1. The van der Waals surface area contributed by atoms with Crippen LogP contribution in [0.3, 0.4) is 0 Å². The third-order valence-corrected chi connectivity index (χ3v) is 3.19. The van der Waals surface area contributed by atoms with Crippen LogP contribution in [0.4, 0.5) is 10.2 Å². The van der Waals surface area contributed by atoms with Gasteiger partial charge in [-0.1, -0.05) is 20.8 Å². The van der Waals surface area contributed by atoms with Crippen molar-refractivity contribution in [1.82, 2.24) is 20.0 Å². The van der Waals surface area contributed by atoms with Gasteiger partial charge < -0.3 is 5.73 Å². The minimum absolute atomic E-state index is 0.165. The van der Waals surface area contributed by atoms with Crippen molar-refractivity contribution in [2.24, 2.45) is 0 Å². The maximum atomic E-state index is 13.0.